The van der Waals surface area contributed by atoms with Crippen LogP contribution in [-0.4, -0.2) is 44.5 Å². The maximum atomic E-state index is 11.9. The van der Waals surface area contributed by atoms with Gasteiger partial charge in [-0.3, -0.25) is 14.5 Å². The van der Waals surface area contributed by atoms with Crippen molar-refractivity contribution >= 4 is 17.6 Å². The van der Waals surface area contributed by atoms with E-state index in [2.05, 4.69) is 15.4 Å². The number of nitrogens with one attached hydrogen (secondary N) is 1. The number of anilines is 1. The van der Waals surface area contributed by atoms with E-state index in [0.717, 1.165) is 28.2 Å². The van der Waals surface area contributed by atoms with E-state index in [0.29, 0.717) is 18.8 Å². The van der Waals surface area contributed by atoms with E-state index in [1.54, 1.807) is 10.9 Å². The highest BCUT2D eigenvalue weighted by atomic mass is 19.4. The number of rotatable bonds is 2. The van der Waals surface area contributed by atoms with E-state index in [4.69, 9.17) is 15.6 Å². The van der Waals surface area contributed by atoms with Gasteiger partial charge >= 0.3 is 12.1 Å². The van der Waals surface area contributed by atoms with Crippen LogP contribution in [0, 0.1) is 0 Å². The zero-order valence-corrected chi connectivity index (χ0v) is 15.3. The first-order valence-electron chi connectivity index (χ1n) is 8.63. The van der Waals surface area contributed by atoms with E-state index < -0.39 is 12.1 Å². The molecule has 31 heavy (non-hydrogen) atoms. The van der Waals surface area contributed by atoms with Crippen molar-refractivity contribution in [2.24, 2.45) is 0 Å². The molecule has 0 saturated heterocycles. The van der Waals surface area contributed by atoms with Crippen LogP contribution in [0.1, 0.15) is 17.9 Å². The molecule has 1 aliphatic heterocycles. The van der Waals surface area contributed by atoms with Crippen LogP contribution in [0.5, 0.6) is 0 Å². The number of nitrogens with two attached hydrogens (primary N) is 1. The zero-order chi connectivity index (χ0) is 21.9. The number of fused-ring (bicyclic) bond motifs is 1. The first kappa shape index (κ1) is 23.4. The molecule has 0 bridgehead atoms. The molecular weight excluding hydrogens is 415 g/mol. The van der Waals surface area contributed by atoms with Crippen LogP contribution in [-0.2, 0) is 11.3 Å². The highest BCUT2D eigenvalue weighted by Gasteiger charge is 2.38. The van der Waals surface area contributed by atoms with E-state index in [1.807, 2.05) is 42.5 Å². The molecule has 0 atom stereocenters. The van der Waals surface area contributed by atoms with Gasteiger partial charge in [0.05, 0.1) is 17.9 Å². The number of hydrogen-bond donors (Lipinski definition) is 3. The Morgan fingerprint density at radius 2 is 1.74 bits per heavy atom. The fourth-order valence-electron chi connectivity index (χ4n) is 2.68. The Morgan fingerprint density at radius 1 is 1.10 bits per heavy atom. The van der Waals surface area contributed by atoms with Crippen molar-refractivity contribution in [2.45, 2.75) is 20.1 Å². The number of aliphatic carboxylic acids is 1. The average molecular weight is 435 g/mol. The summed E-state index contributed by atoms with van der Waals surface area (Å²) in [6.45, 7) is 1.30. The van der Waals surface area contributed by atoms with Crippen molar-refractivity contribution in [3.63, 3.8) is 0 Å². The van der Waals surface area contributed by atoms with Gasteiger partial charge in [0.1, 0.15) is 5.69 Å². The Hall–Kier alpha value is -3.89. The summed E-state index contributed by atoms with van der Waals surface area (Å²) in [6, 6.07) is 13.3. The predicted octanol–water partition coefficient (Wildman–Crippen LogP) is 3.21. The SMILES string of the molecule is C.Nc1ccc(-c2cc(-c3cc4n(n3)CCNC4=O)ccn2)cc1.O=C(O)C(F)(F)F. The summed E-state index contributed by atoms with van der Waals surface area (Å²) in [5, 5.41) is 14.5. The minimum atomic E-state index is -5.08. The van der Waals surface area contributed by atoms with Crippen LogP contribution in [0.15, 0.2) is 48.7 Å². The second kappa shape index (κ2) is 9.28. The summed E-state index contributed by atoms with van der Waals surface area (Å²) in [5.41, 5.74) is 10.6. The number of nitrogen functional groups attached to an aromatic ring is 1. The summed E-state index contributed by atoms with van der Waals surface area (Å²) in [4.78, 5) is 25.2. The van der Waals surface area contributed by atoms with Crippen LogP contribution in [0.25, 0.3) is 22.5 Å². The molecule has 1 aliphatic rings. The Morgan fingerprint density at radius 3 is 2.32 bits per heavy atom. The molecule has 4 rings (SSSR count). The fourth-order valence-corrected chi connectivity index (χ4v) is 2.68. The van der Waals surface area contributed by atoms with Crippen LogP contribution < -0.4 is 11.1 Å². The number of amides is 1. The molecule has 4 N–H and O–H groups in total. The van der Waals surface area contributed by atoms with Crippen LogP contribution >= 0.6 is 0 Å². The number of carbonyl (C=O) groups is 2. The van der Waals surface area contributed by atoms with Crippen molar-refractivity contribution in [3.8, 4) is 22.5 Å². The molecule has 0 saturated carbocycles. The van der Waals surface area contributed by atoms with Gasteiger partial charge in [-0.05, 0) is 30.3 Å². The van der Waals surface area contributed by atoms with E-state index >= 15 is 0 Å². The summed E-state index contributed by atoms with van der Waals surface area (Å²) in [7, 11) is 0. The van der Waals surface area contributed by atoms with Gasteiger partial charge < -0.3 is 16.2 Å². The van der Waals surface area contributed by atoms with Gasteiger partial charge in [-0.2, -0.15) is 18.3 Å². The molecule has 3 aromatic rings. The number of halogens is 3. The number of nitrogens with zero attached hydrogens (tertiary/aromatic N) is 3. The van der Waals surface area contributed by atoms with Crippen molar-refractivity contribution in [1.82, 2.24) is 20.1 Å². The number of benzene rings is 1. The number of carbonyl (C=O) groups excluding carboxylic acids is 1. The maximum Gasteiger partial charge on any atom is 0.490 e. The topological polar surface area (TPSA) is 123 Å². The predicted molar refractivity (Wildman–Crippen MR) is 108 cm³/mol. The molecule has 8 nitrogen and oxygen atoms in total. The van der Waals surface area contributed by atoms with Crippen molar-refractivity contribution in [3.05, 3.63) is 54.4 Å². The molecule has 0 aliphatic carbocycles. The summed E-state index contributed by atoms with van der Waals surface area (Å²) < 4.78 is 33.5. The highest BCUT2D eigenvalue weighted by molar-refractivity contribution is 5.94. The normalized spacial score (nSPS) is 12.5. The lowest BCUT2D eigenvalue weighted by Gasteiger charge is -2.13. The number of pyridine rings is 1. The first-order chi connectivity index (χ1) is 14.1. The second-order valence-electron chi connectivity index (χ2n) is 6.25. The number of hydrogen-bond acceptors (Lipinski definition) is 5. The second-order valence-corrected chi connectivity index (χ2v) is 6.25. The van der Waals surface area contributed by atoms with Gasteiger partial charge in [-0.25, -0.2) is 4.79 Å². The van der Waals surface area contributed by atoms with Crippen molar-refractivity contribution in [2.75, 3.05) is 12.3 Å². The molecule has 3 heterocycles. The van der Waals surface area contributed by atoms with Gasteiger partial charge in [-0.1, -0.05) is 19.6 Å². The Kier molecular flexibility index (Phi) is 7.00. The Labute approximate surface area is 175 Å². The highest BCUT2D eigenvalue weighted by Crippen LogP contribution is 2.25. The minimum Gasteiger partial charge on any atom is -0.475 e. The first-order valence-corrected chi connectivity index (χ1v) is 8.63. The fraction of sp³-hybridized carbons (Fsp3) is 0.200. The molecule has 0 radical (unpaired) electrons. The van der Waals surface area contributed by atoms with Gasteiger partial charge in [0.25, 0.3) is 5.91 Å². The quantitative estimate of drug-likeness (QED) is 0.531. The van der Waals surface area contributed by atoms with Crippen LogP contribution in [0.4, 0.5) is 18.9 Å². The Balaban J connectivity index is 0.000000373. The molecule has 0 fully saturated rings. The molecular formula is C20H20F3N5O3. The maximum absolute atomic E-state index is 11.9. The summed E-state index contributed by atoms with van der Waals surface area (Å²) in [6.07, 6.45) is -3.33. The lowest BCUT2D eigenvalue weighted by atomic mass is 10.1. The molecule has 164 valence electrons. The molecule has 1 aromatic carbocycles. The van der Waals surface area contributed by atoms with E-state index in [9.17, 15) is 18.0 Å². The number of alkyl halides is 3. The zero-order valence-electron chi connectivity index (χ0n) is 15.3. The average Bonchev–Trinajstić information content (AvgIpc) is 3.14. The molecule has 2 aromatic heterocycles. The molecule has 11 heteroatoms. The lowest BCUT2D eigenvalue weighted by Crippen LogP contribution is -2.35. The summed E-state index contributed by atoms with van der Waals surface area (Å²) >= 11 is 0. The van der Waals surface area contributed by atoms with Gasteiger partial charge in [-0.15, -0.1) is 0 Å². The third kappa shape index (κ3) is 5.59. The Bertz CT molecular complexity index is 1080. The lowest BCUT2D eigenvalue weighted by molar-refractivity contribution is -0.192. The van der Waals surface area contributed by atoms with E-state index in [1.165, 1.54) is 0 Å². The molecule has 0 unspecified atom stereocenters. The van der Waals surface area contributed by atoms with Crippen LogP contribution in [0.3, 0.4) is 0 Å². The van der Waals surface area contributed by atoms with Gasteiger partial charge in [0.2, 0.25) is 0 Å². The number of carboxylic acid groups (broad SMARTS) is 1. The third-order valence-corrected chi connectivity index (χ3v) is 4.13. The summed E-state index contributed by atoms with van der Waals surface area (Å²) in [5.74, 6) is -2.84. The van der Waals surface area contributed by atoms with Crippen molar-refractivity contribution < 1.29 is 27.9 Å². The minimum absolute atomic E-state index is 0. The number of aromatic nitrogens is 3. The smallest absolute Gasteiger partial charge is 0.475 e. The van der Waals surface area contributed by atoms with E-state index in [-0.39, 0.29) is 13.3 Å². The third-order valence-electron chi connectivity index (χ3n) is 4.13. The molecule has 1 amide bonds. The van der Waals surface area contributed by atoms with Gasteiger partial charge in [0, 0.05) is 29.6 Å². The molecule has 0 spiro atoms. The van der Waals surface area contributed by atoms with Crippen LogP contribution in [0.2, 0.25) is 0 Å². The number of carboxylic acids is 1. The largest absolute Gasteiger partial charge is 0.490 e. The monoisotopic (exact) mass is 435 g/mol. The van der Waals surface area contributed by atoms with Gasteiger partial charge in [0.15, 0.2) is 0 Å². The standard InChI is InChI=1S/C17H15N5O.C2HF3O2.CH4/c18-13-3-1-11(2-4-13)14-9-12(5-6-19-14)15-10-16-17(23)20-7-8-22(16)21-15;3-2(4,5)1(6)7;/h1-6,9-10H,7-8,18H2,(H,20,23);(H,6,7);1H4. The van der Waals surface area contributed by atoms with Crippen molar-refractivity contribution in [1.29, 1.82) is 0 Å².